The number of carbonyl (C=O) groups excluding carboxylic acids is 1. The Balaban J connectivity index is 1.74. The van der Waals surface area contributed by atoms with E-state index in [1.54, 1.807) is 27.0 Å². The van der Waals surface area contributed by atoms with Crippen molar-refractivity contribution in [3.05, 3.63) is 65.2 Å². The number of rotatable bonds is 4. The van der Waals surface area contributed by atoms with Gasteiger partial charge in [0, 0.05) is 24.8 Å². The normalized spacial score (nSPS) is 14.7. The van der Waals surface area contributed by atoms with Gasteiger partial charge in [-0.15, -0.1) is 11.3 Å². The predicted octanol–water partition coefficient (Wildman–Crippen LogP) is 3.37. The van der Waals surface area contributed by atoms with Crippen molar-refractivity contribution >= 4 is 23.3 Å². The number of nitriles is 1. The molecule has 0 N–H and O–H groups in total. The lowest BCUT2D eigenvalue weighted by atomic mass is 10.1. The zero-order chi connectivity index (χ0) is 19.3. The molecule has 0 unspecified atom stereocenters. The molecule has 3 aromatic rings. The summed E-state index contributed by atoms with van der Waals surface area (Å²) in [5.74, 6) is -0.268. The van der Waals surface area contributed by atoms with Crippen molar-refractivity contribution < 1.29 is 9.53 Å². The smallest absolute Gasteiger partial charge is 0.264 e. The van der Waals surface area contributed by atoms with Crippen molar-refractivity contribution in [3.63, 3.8) is 0 Å². The van der Waals surface area contributed by atoms with Gasteiger partial charge in [0.05, 0.1) is 23.8 Å². The van der Waals surface area contributed by atoms with E-state index < -0.39 is 0 Å². The van der Waals surface area contributed by atoms with Gasteiger partial charge in [0.25, 0.3) is 5.91 Å². The monoisotopic (exact) mass is 390 g/mol. The molecule has 3 heterocycles. The Morgan fingerprint density at radius 2 is 1.96 bits per heavy atom. The van der Waals surface area contributed by atoms with Gasteiger partial charge in [-0.3, -0.25) is 4.79 Å². The second-order valence-electron chi connectivity index (χ2n) is 6.26. The summed E-state index contributed by atoms with van der Waals surface area (Å²) in [6, 6.07) is 15.8. The van der Waals surface area contributed by atoms with Crippen molar-refractivity contribution in [2.75, 3.05) is 26.3 Å². The third kappa shape index (κ3) is 3.74. The molecule has 0 bridgehead atoms. The van der Waals surface area contributed by atoms with Crippen LogP contribution in [0.1, 0.15) is 5.56 Å². The number of ether oxygens (including phenoxy) is 1. The lowest BCUT2D eigenvalue weighted by molar-refractivity contribution is -0.130. The lowest BCUT2D eigenvalue weighted by Crippen LogP contribution is -2.41. The van der Waals surface area contributed by atoms with Crippen LogP contribution in [0.25, 0.3) is 22.3 Å². The Morgan fingerprint density at radius 3 is 2.64 bits per heavy atom. The standard InChI is InChI=1S/C21H18N4O2S/c22-14-16(21(26)24-8-10-27-11-9-24)13-17-15-25(18-5-2-1-3-6-18)23-20(17)19-7-4-12-28-19/h1-7,12-13,15H,8-11H2. The molecule has 4 rings (SSSR count). The highest BCUT2D eigenvalue weighted by molar-refractivity contribution is 7.13. The van der Waals surface area contributed by atoms with Crippen molar-refractivity contribution in [3.8, 4) is 22.3 Å². The first kappa shape index (κ1) is 18.2. The third-order valence-corrected chi connectivity index (χ3v) is 5.34. The first-order chi connectivity index (χ1) is 13.8. The van der Waals surface area contributed by atoms with Crippen molar-refractivity contribution in [1.82, 2.24) is 14.7 Å². The number of aromatic nitrogens is 2. The van der Waals surface area contributed by atoms with E-state index in [1.165, 1.54) is 0 Å². The number of amides is 1. The predicted molar refractivity (Wildman–Crippen MR) is 108 cm³/mol. The molecule has 1 aliphatic heterocycles. The molecule has 0 radical (unpaired) electrons. The van der Waals surface area contributed by atoms with E-state index in [2.05, 4.69) is 6.07 Å². The number of nitrogens with zero attached hydrogens (tertiary/aromatic N) is 4. The van der Waals surface area contributed by atoms with Gasteiger partial charge in [-0.25, -0.2) is 4.68 Å². The summed E-state index contributed by atoms with van der Waals surface area (Å²) in [5.41, 5.74) is 2.51. The Bertz CT molecular complexity index is 1030. The molecule has 1 aliphatic rings. The van der Waals surface area contributed by atoms with Gasteiger partial charge in [0.1, 0.15) is 17.3 Å². The van der Waals surface area contributed by atoms with E-state index in [-0.39, 0.29) is 11.5 Å². The molecule has 0 aliphatic carbocycles. The molecule has 1 amide bonds. The Hall–Kier alpha value is -3.21. The van der Waals surface area contributed by atoms with Crippen molar-refractivity contribution in [2.45, 2.75) is 0 Å². The highest BCUT2D eigenvalue weighted by Gasteiger charge is 2.22. The van der Waals surface area contributed by atoms with Gasteiger partial charge in [-0.05, 0) is 29.7 Å². The van der Waals surface area contributed by atoms with Crippen LogP contribution in [0.4, 0.5) is 0 Å². The van der Waals surface area contributed by atoms with Crippen LogP contribution in [0.3, 0.4) is 0 Å². The quantitative estimate of drug-likeness (QED) is 0.506. The van der Waals surface area contributed by atoms with E-state index in [9.17, 15) is 10.1 Å². The number of para-hydroxylation sites is 1. The maximum absolute atomic E-state index is 12.8. The van der Waals surface area contributed by atoms with Gasteiger partial charge >= 0.3 is 0 Å². The minimum atomic E-state index is -0.268. The highest BCUT2D eigenvalue weighted by Crippen LogP contribution is 2.29. The second kappa shape index (κ2) is 8.21. The van der Waals surface area contributed by atoms with Crippen LogP contribution < -0.4 is 0 Å². The van der Waals surface area contributed by atoms with Crippen LogP contribution in [0.2, 0.25) is 0 Å². The maximum Gasteiger partial charge on any atom is 0.264 e. The Morgan fingerprint density at radius 1 is 1.18 bits per heavy atom. The summed E-state index contributed by atoms with van der Waals surface area (Å²) in [6.07, 6.45) is 3.49. The molecule has 1 saturated heterocycles. The summed E-state index contributed by atoms with van der Waals surface area (Å²) in [6.45, 7) is 1.99. The van der Waals surface area contributed by atoms with Gasteiger partial charge in [0.15, 0.2) is 0 Å². The lowest BCUT2D eigenvalue weighted by Gasteiger charge is -2.26. The summed E-state index contributed by atoms with van der Waals surface area (Å²) < 4.78 is 7.07. The zero-order valence-electron chi connectivity index (χ0n) is 15.1. The number of morpholine rings is 1. The Labute approximate surface area is 166 Å². The largest absolute Gasteiger partial charge is 0.378 e. The molecule has 7 heteroatoms. The van der Waals surface area contributed by atoms with Gasteiger partial charge in [-0.2, -0.15) is 10.4 Å². The Kier molecular flexibility index (Phi) is 5.33. The molecule has 0 spiro atoms. The average molecular weight is 390 g/mol. The molecule has 1 fully saturated rings. The van der Waals surface area contributed by atoms with Gasteiger partial charge < -0.3 is 9.64 Å². The molecular formula is C21H18N4O2S. The molecule has 0 atom stereocenters. The van der Waals surface area contributed by atoms with Crippen molar-refractivity contribution in [1.29, 1.82) is 5.26 Å². The minimum absolute atomic E-state index is 0.104. The fraction of sp³-hybridized carbons (Fsp3) is 0.190. The van der Waals surface area contributed by atoms with Gasteiger partial charge in [-0.1, -0.05) is 24.3 Å². The van der Waals surface area contributed by atoms with E-state index in [4.69, 9.17) is 9.84 Å². The van der Waals surface area contributed by atoms with Crippen molar-refractivity contribution in [2.24, 2.45) is 0 Å². The summed E-state index contributed by atoms with van der Waals surface area (Å²) in [7, 11) is 0. The maximum atomic E-state index is 12.8. The minimum Gasteiger partial charge on any atom is -0.378 e. The number of benzene rings is 1. The first-order valence-corrected chi connectivity index (χ1v) is 9.82. The molecule has 140 valence electrons. The van der Waals surface area contributed by atoms with Crippen LogP contribution in [-0.4, -0.2) is 46.9 Å². The van der Waals surface area contributed by atoms with Crippen LogP contribution in [0.5, 0.6) is 0 Å². The molecule has 2 aromatic heterocycles. The SMILES string of the molecule is N#CC(=Cc1cn(-c2ccccc2)nc1-c1cccs1)C(=O)N1CCOCC1. The van der Waals surface area contributed by atoms with Crippen LogP contribution in [0, 0.1) is 11.3 Å². The van der Waals surface area contributed by atoms with Crippen LogP contribution >= 0.6 is 11.3 Å². The number of hydrogen-bond donors (Lipinski definition) is 0. The molecule has 1 aromatic carbocycles. The molecular weight excluding hydrogens is 372 g/mol. The number of thiophene rings is 1. The van der Waals surface area contributed by atoms with Crippen LogP contribution in [-0.2, 0) is 9.53 Å². The fourth-order valence-corrected chi connectivity index (χ4v) is 3.78. The number of carbonyl (C=O) groups is 1. The van der Waals surface area contributed by atoms with E-state index in [0.29, 0.717) is 26.3 Å². The summed E-state index contributed by atoms with van der Waals surface area (Å²) >= 11 is 1.57. The molecule has 0 saturated carbocycles. The fourth-order valence-electron chi connectivity index (χ4n) is 3.04. The molecule has 6 nitrogen and oxygen atoms in total. The second-order valence-corrected chi connectivity index (χ2v) is 7.21. The third-order valence-electron chi connectivity index (χ3n) is 4.47. The van der Waals surface area contributed by atoms with E-state index >= 15 is 0 Å². The molecule has 28 heavy (non-hydrogen) atoms. The van der Waals surface area contributed by atoms with E-state index in [1.807, 2.05) is 54.0 Å². The van der Waals surface area contributed by atoms with Crippen LogP contribution in [0.15, 0.2) is 59.6 Å². The number of hydrogen-bond acceptors (Lipinski definition) is 5. The highest BCUT2D eigenvalue weighted by atomic mass is 32.1. The first-order valence-electron chi connectivity index (χ1n) is 8.94. The average Bonchev–Trinajstić information content (AvgIpc) is 3.42. The summed E-state index contributed by atoms with van der Waals surface area (Å²) in [5, 5.41) is 16.3. The summed E-state index contributed by atoms with van der Waals surface area (Å²) in [4.78, 5) is 15.4. The topological polar surface area (TPSA) is 71.2 Å². The van der Waals surface area contributed by atoms with Gasteiger partial charge in [0.2, 0.25) is 0 Å². The van der Waals surface area contributed by atoms with E-state index in [0.717, 1.165) is 21.8 Å². The zero-order valence-corrected chi connectivity index (χ0v) is 15.9.